The Morgan fingerprint density at radius 3 is 2.22 bits per heavy atom. The van der Waals surface area contributed by atoms with Gasteiger partial charge in [-0.05, 0) is 30.7 Å². The van der Waals surface area contributed by atoms with Crippen molar-refractivity contribution >= 4 is 5.69 Å². The van der Waals surface area contributed by atoms with Gasteiger partial charge >= 0.3 is 0 Å². The Morgan fingerprint density at radius 2 is 1.78 bits per heavy atom. The molecule has 2 aromatic rings. The molecule has 0 spiro atoms. The summed E-state index contributed by atoms with van der Waals surface area (Å²) in [6.45, 7) is 1.87. The van der Waals surface area contributed by atoms with E-state index >= 15 is 0 Å². The fraction of sp³-hybridized carbons (Fsp3) is 0.154. The van der Waals surface area contributed by atoms with Crippen LogP contribution < -0.4 is 5.73 Å². The summed E-state index contributed by atoms with van der Waals surface area (Å²) in [7, 11) is 0. The summed E-state index contributed by atoms with van der Waals surface area (Å²) in [6, 6.07) is 10.1. The lowest BCUT2D eigenvalue weighted by Gasteiger charge is -2.06. The van der Waals surface area contributed by atoms with E-state index in [1.807, 2.05) is 19.1 Å². The molecule has 0 radical (unpaired) electrons. The van der Waals surface area contributed by atoms with Gasteiger partial charge in [0.05, 0.1) is 10.6 Å². The van der Waals surface area contributed by atoms with Crippen LogP contribution in [-0.4, -0.2) is 9.91 Å². The zero-order chi connectivity index (χ0) is 13.1. The maximum atomic E-state index is 10.5. The summed E-state index contributed by atoms with van der Waals surface area (Å²) in [5.41, 5.74) is 8.42. The maximum Gasteiger partial charge on any atom is 0.269 e. The number of nitro benzene ring substituents is 1. The monoisotopic (exact) mass is 243 g/mol. The van der Waals surface area contributed by atoms with E-state index in [-0.39, 0.29) is 11.7 Å². The van der Waals surface area contributed by atoms with Crippen molar-refractivity contribution in [2.24, 2.45) is 5.73 Å². The van der Waals surface area contributed by atoms with Crippen molar-refractivity contribution in [3.8, 4) is 11.1 Å². The summed E-state index contributed by atoms with van der Waals surface area (Å²) >= 11 is 0. The summed E-state index contributed by atoms with van der Waals surface area (Å²) in [5.74, 6) is 0. The molecule has 0 fully saturated rings. The molecule has 0 bridgehead atoms. The molecule has 1 heterocycles. The highest BCUT2D eigenvalue weighted by Crippen LogP contribution is 2.22. The molecule has 0 saturated heterocycles. The molecule has 0 aliphatic heterocycles. The van der Waals surface area contributed by atoms with E-state index in [0.717, 1.165) is 16.8 Å². The standard InChI is InChI=1S/C13H13N3O2/c1-9(14)13-7-4-11(8-15-13)10-2-5-12(6-3-10)16(17)18/h2-9H,14H2,1H3. The first-order valence-corrected chi connectivity index (χ1v) is 5.54. The fourth-order valence-electron chi connectivity index (χ4n) is 1.62. The molecule has 1 atom stereocenters. The quantitative estimate of drug-likeness (QED) is 0.663. The highest BCUT2D eigenvalue weighted by atomic mass is 16.6. The van der Waals surface area contributed by atoms with E-state index in [9.17, 15) is 10.1 Å². The summed E-state index contributed by atoms with van der Waals surface area (Å²) in [5, 5.41) is 10.5. The van der Waals surface area contributed by atoms with E-state index < -0.39 is 4.92 Å². The Balaban J connectivity index is 2.28. The van der Waals surface area contributed by atoms with E-state index in [1.54, 1.807) is 18.3 Å². The SMILES string of the molecule is CC(N)c1ccc(-c2ccc([N+](=O)[O-])cc2)cn1. The number of hydrogen-bond donors (Lipinski definition) is 1. The van der Waals surface area contributed by atoms with Crippen molar-refractivity contribution < 1.29 is 4.92 Å². The van der Waals surface area contributed by atoms with Crippen molar-refractivity contribution in [3.63, 3.8) is 0 Å². The first-order valence-electron chi connectivity index (χ1n) is 5.54. The molecule has 18 heavy (non-hydrogen) atoms. The van der Waals surface area contributed by atoms with Crippen LogP contribution in [0.3, 0.4) is 0 Å². The van der Waals surface area contributed by atoms with Gasteiger partial charge in [0, 0.05) is 29.9 Å². The molecular weight excluding hydrogens is 230 g/mol. The number of nitrogens with two attached hydrogens (primary N) is 1. The van der Waals surface area contributed by atoms with Gasteiger partial charge in [0.15, 0.2) is 0 Å². The van der Waals surface area contributed by atoms with E-state index in [1.165, 1.54) is 12.1 Å². The molecule has 2 rings (SSSR count). The molecule has 0 amide bonds. The largest absolute Gasteiger partial charge is 0.323 e. The van der Waals surface area contributed by atoms with E-state index in [0.29, 0.717) is 0 Å². The van der Waals surface area contributed by atoms with Gasteiger partial charge < -0.3 is 5.73 Å². The normalized spacial score (nSPS) is 12.1. The van der Waals surface area contributed by atoms with Crippen LogP contribution in [0.15, 0.2) is 42.6 Å². The van der Waals surface area contributed by atoms with Crippen LogP contribution in [0.5, 0.6) is 0 Å². The number of hydrogen-bond acceptors (Lipinski definition) is 4. The van der Waals surface area contributed by atoms with Gasteiger partial charge in [-0.15, -0.1) is 0 Å². The van der Waals surface area contributed by atoms with Crippen molar-refractivity contribution in [1.29, 1.82) is 0 Å². The molecule has 0 aliphatic rings. The van der Waals surface area contributed by atoms with Crippen LogP contribution in [0.1, 0.15) is 18.7 Å². The summed E-state index contributed by atoms with van der Waals surface area (Å²) in [4.78, 5) is 14.4. The minimum Gasteiger partial charge on any atom is -0.323 e. The number of pyridine rings is 1. The molecule has 5 heteroatoms. The van der Waals surface area contributed by atoms with Crippen LogP contribution in [-0.2, 0) is 0 Å². The summed E-state index contributed by atoms with van der Waals surface area (Å²) < 4.78 is 0. The molecule has 0 saturated carbocycles. The van der Waals surface area contributed by atoms with Crippen molar-refractivity contribution in [3.05, 3.63) is 58.4 Å². The van der Waals surface area contributed by atoms with Crippen molar-refractivity contribution in [2.45, 2.75) is 13.0 Å². The first-order chi connectivity index (χ1) is 8.58. The highest BCUT2D eigenvalue weighted by molar-refractivity contribution is 5.63. The first kappa shape index (κ1) is 12.2. The van der Waals surface area contributed by atoms with Gasteiger partial charge in [-0.3, -0.25) is 15.1 Å². The topological polar surface area (TPSA) is 82.0 Å². The summed E-state index contributed by atoms with van der Waals surface area (Å²) in [6.07, 6.45) is 1.72. The predicted molar refractivity (Wildman–Crippen MR) is 68.9 cm³/mol. The molecule has 1 aromatic carbocycles. The zero-order valence-electron chi connectivity index (χ0n) is 9.91. The number of rotatable bonds is 3. The van der Waals surface area contributed by atoms with Crippen LogP contribution in [0.25, 0.3) is 11.1 Å². The van der Waals surface area contributed by atoms with Gasteiger partial charge in [0.25, 0.3) is 5.69 Å². The molecule has 1 unspecified atom stereocenters. The second kappa shape index (κ2) is 4.93. The van der Waals surface area contributed by atoms with Gasteiger partial charge in [0.1, 0.15) is 0 Å². The maximum absolute atomic E-state index is 10.5. The Bertz CT molecular complexity index is 547. The average molecular weight is 243 g/mol. The van der Waals surface area contributed by atoms with Crippen LogP contribution in [0, 0.1) is 10.1 Å². The van der Waals surface area contributed by atoms with Gasteiger partial charge in [-0.25, -0.2) is 0 Å². The Morgan fingerprint density at radius 1 is 1.17 bits per heavy atom. The smallest absolute Gasteiger partial charge is 0.269 e. The second-order valence-corrected chi connectivity index (χ2v) is 4.06. The van der Waals surface area contributed by atoms with E-state index in [4.69, 9.17) is 5.73 Å². The Labute approximate surface area is 104 Å². The number of nitrogens with zero attached hydrogens (tertiary/aromatic N) is 2. The predicted octanol–water partition coefficient (Wildman–Crippen LogP) is 2.68. The van der Waals surface area contributed by atoms with Gasteiger partial charge in [0.2, 0.25) is 0 Å². The minimum atomic E-state index is -0.415. The molecule has 92 valence electrons. The van der Waals surface area contributed by atoms with Crippen LogP contribution in [0.2, 0.25) is 0 Å². The van der Waals surface area contributed by atoms with E-state index in [2.05, 4.69) is 4.98 Å². The molecule has 1 aromatic heterocycles. The lowest BCUT2D eigenvalue weighted by molar-refractivity contribution is -0.384. The van der Waals surface area contributed by atoms with Crippen molar-refractivity contribution in [2.75, 3.05) is 0 Å². The number of aromatic nitrogens is 1. The minimum absolute atomic E-state index is 0.0823. The number of benzene rings is 1. The molecule has 0 aliphatic carbocycles. The number of nitro groups is 1. The molecule has 5 nitrogen and oxygen atoms in total. The number of non-ortho nitro benzene ring substituents is 1. The fourth-order valence-corrected chi connectivity index (χ4v) is 1.62. The lowest BCUT2D eigenvalue weighted by Crippen LogP contribution is -2.06. The molecule has 2 N–H and O–H groups in total. The van der Waals surface area contributed by atoms with Gasteiger partial charge in [-0.1, -0.05) is 6.07 Å². The highest BCUT2D eigenvalue weighted by Gasteiger charge is 2.06. The third-order valence-corrected chi connectivity index (χ3v) is 2.66. The molecular formula is C13H13N3O2. The third kappa shape index (κ3) is 2.52. The van der Waals surface area contributed by atoms with Crippen LogP contribution >= 0.6 is 0 Å². The average Bonchev–Trinajstić information content (AvgIpc) is 2.39. The lowest BCUT2D eigenvalue weighted by atomic mass is 10.1. The van der Waals surface area contributed by atoms with Crippen molar-refractivity contribution in [1.82, 2.24) is 4.98 Å². The zero-order valence-corrected chi connectivity index (χ0v) is 9.91. The van der Waals surface area contributed by atoms with Crippen LogP contribution in [0.4, 0.5) is 5.69 Å². The Hall–Kier alpha value is -2.27. The third-order valence-electron chi connectivity index (χ3n) is 2.66. The van der Waals surface area contributed by atoms with Gasteiger partial charge in [-0.2, -0.15) is 0 Å². The Kier molecular flexibility index (Phi) is 3.34. The second-order valence-electron chi connectivity index (χ2n) is 4.06.